The maximum absolute atomic E-state index is 12.7. The smallest absolute Gasteiger partial charge is 0.308 e. The normalized spacial score (nSPS) is 13.1. The molecular weight excluding hydrogens is 286 g/mol. The number of carbonyl (C=O) groups is 1. The lowest BCUT2D eigenvalue weighted by Crippen LogP contribution is -2.19. The Morgan fingerprint density at radius 1 is 1.62 bits per heavy atom. The van der Waals surface area contributed by atoms with Crippen molar-refractivity contribution >= 4 is 21.9 Å². The van der Waals surface area contributed by atoms with Crippen LogP contribution in [0.15, 0.2) is 4.47 Å². The van der Waals surface area contributed by atoms with E-state index in [4.69, 9.17) is 5.11 Å². The highest BCUT2D eigenvalue weighted by Gasteiger charge is 2.23. The van der Waals surface area contributed by atoms with Gasteiger partial charge in [0.15, 0.2) is 0 Å². The Bertz CT molecular complexity index is 406. The predicted octanol–water partition coefficient (Wildman–Crippen LogP) is 2.61. The number of nitrogens with zero attached hydrogens (tertiary/aromatic N) is 2. The Hall–Kier alpha value is -0.980. The molecule has 0 aliphatic rings. The van der Waals surface area contributed by atoms with Crippen molar-refractivity contribution in [3.8, 4) is 0 Å². The van der Waals surface area contributed by atoms with Gasteiger partial charge >= 0.3 is 5.97 Å². The zero-order chi connectivity index (χ0) is 12.5. The number of halogens is 3. The van der Waals surface area contributed by atoms with Gasteiger partial charge in [-0.15, -0.1) is 0 Å². The van der Waals surface area contributed by atoms with Gasteiger partial charge < -0.3 is 5.11 Å². The summed E-state index contributed by atoms with van der Waals surface area (Å²) in [6, 6.07) is 0. The van der Waals surface area contributed by atoms with Gasteiger partial charge in [-0.25, -0.2) is 8.78 Å². The molecule has 0 radical (unpaired) electrons. The molecule has 0 saturated heterocycles. The van der Waals surface area contributed by atoms with Crippen molar-refractivity contribution in [3.05, 3.63) is 15.9 Å². The number of alkyl halides is 2. The fourth-order valence-electron chi connectivity index (χ4n) is 1.26. The van der Waals surface area contributed by atoms with E-state index in [-0.39, 0.29) is 16.7 Å². The molecule has 0 amide bonds. The van der Waals surface area contributed by atoms with Gasteiger partial charge in [0.1, 0.15) is 5.69 Å². The van der Waals surface area contributed by atoms with Gasteiger partial charge in [0.2, 0.25) is 0 Å². The van der Waals surface area contributed by atoms with E-state index < -0.39 is 18.3 Å². The van der Waals surface area contributed by atoms with Crippen LogP contribution in [0.3, 0.4) is 0 Å². The largest absolute Gasteiger partial charge is 0.481 e. The van der Waals surface area contributed by atoms with Crippen molar-refractivity contribution in [2.75, 3.05) is 0 Å². The molecule has 0 aliphatic carbocycles. The van der Waals surface area contributed by atoms with Crippen molar-refractivity contribution in [1.29, 1.82) is 0 Å². The summed E-state index contributed by atoms with van der Waals surface area (Å²) >= 11 is 3.02. The van der Waals surface area contributed by atoms with Crippen LogP contribution in [0.5, 0.6) is 0 Å². The molecule has 7 heteroatoms. The minimum absolute atomic E-state index is 0.0680. The predicted molar refractivity (Wildman–Crippen MR) is 56.4 cm³/mol. The van der Waals surface area contributed by atoms with Crippen LogP contribution in [0.25, 0.3) is 0 Å². The molecule has 0 fully saturated rings. The third kappa shape index (κ3) is 2.58. The number of aryl methyl sites for hydroxylation is 1. The maximum Gasteiger partial charge on any atom is 0.308 e. The number of aromatic nitrogens is 2. The van der Waals surface area contributed by atoms with Gasteiger partial charge in [-0.3, -0.25) is 9.48 Å². The lowest BCUT2D eigenvalue weighted by atomic mass is 10.2. The Balaban J connectivity index is 3.04. The third-order valence-corrected chi connectivity index (χ3v) is 3.15. The Labute approximate surface area is 99.4 Å². The van der Waals surface area contributed by atoms with Crippen LogP contribution >= 0.6 is 15.9 Å². The number of hydrogen-bond donors (Lipinski definition) is 1. The molecule has 1 N–H and O–H groups in total. The Morgan fingerprint density at radius 3 is 2.62 bits per heavy atom. The van der Waals surface area contributed by atoms with Crippen LogP contribution in [0.4, 0.5) is 8.78 Å². The highest BCUT2D eigenvalue weighted by Crippen LogP contribution is 2.30. The molecule has 0 aliphatic heterocycles. The van der Waals surface area contributed by atoms with Crippen molar-refractivity contribution in [2.45, 2.75) is 26.8 Å². The summed E-state index contributed by atoms with van der Waals surface area (Å²) in [5.74, 6) is -1.80. The lowest BCUT2D eigenvalue weighted by molar-refractivity contribution is -0.141. The van der Waals surface area contributed by atoms with E-state index in [0.717, 1.165) is 4.68 Å². The number of hydrogen-bond acceptors (Lipinski definition) is 2. The van der Waals surface area contributed by atoms with Crippen LogP contribution in [0.1, 0.15) is 24.7 Å². The summed E-state index contributed by atoms with van der Waals surface area (Å²) in [6.07, 6.45) is -2.68. The molecule has 1 unspecified atom stereocenters. The summed E-state index contributed by atoms with van der Waals surface area (Å²) in [5.41, 5.74) is 0.151. The van der Waals surface area contributed by atoms with E-state index in [1.54, 1.807) is 6.92 Å². The summed E-state index contributed by atoms with van der Waals surface area (Å²) < 4.78 is 26.7. The molecule has 4 nitrogen and oxygen atoms in total. The van der Waals surface area contributed by atoms with E-state index in [0.29, 0.717) is 5.69 Å². The van der Waals surface area contributed by atoms with Crippen LogP contribution < -0.4 is 0 Å². The first-order valence-electron chi connectivity index (χ1n) is 4.58. The molecule has 0 bridgehead atoms. The number of carboxylic acid groups (broad SMARTS) is 1. The molecule has 0 spiro atoms. The van der Waals surface area contributed by atoms with Gasteiger partial charge in [-0.2, -0.15) is 5.10 Å². The first kappa shape index (κ1) is 13.1. The van der Waals surface area contributed by atoms with E-state index in [2.05, 4.69) is 21.0 Å². The number of rotatable bonds is 4. The Morgan fingerprint density at radius 2 is 2.19 bits per heavy atom. The minimum atomic E-state index is -2.68. The second-order valence-corrected chi connectivity index (χ2v) is 4.30. The quantitative estimate of drug-likeness (QED) is 0.929. The monoisotopic (exact) mass is 296 g/mol. The van der Waals surface area contributed by atoms with Crippen molar-refractivity contribution in [2.24, 2.45) is 5.92 Å². The molecule has 16 heavy (non-hydrogen) atoms. The molecule has 1 aromatic heterocycles. The lowest BCUT2D eigenvalue weighted by Gasteiger charge is -2.09. The van der Waals surface area contributed by atoms with Crippen LogP contribution in [0, 0.1) is 12.8 Å². The van der Waals surface area contributed by atoms with E-state index in [1.807, 2.05) is 0 Å². The van der Waals surface area contributed by atoms with Crippen LogP contribution in [-0.2, 0) is 11.3 Å². The van der Waals surface area contributed by atoms with Crippen molar-refractivity contribution in [1.82, 2.24) is 9.78 Å². The summed E-state index contributed by atoms with van der Waals surface area (Å²) in [5, 5.41) is 12.6. The molecule has 0 aromatic carbocycles. The highest BCUT2D eigenvalue weighted by atomic mass is 79.9. The molecule has 0 saturated carbocycles. The number of aliphatic carboxylic acids is 1. The standard InChI is InChI=1S/C9H11BrF2N2O2/c1-4(9(15)16)3-14-7(8(11)12)6(10)5(2)13-14/h4,8H,3H2,1-2H3,(H,15,16). The summed E-state index contributed by atoms with van der Waals surface area (Å²) in [4.78, 5) is 10.6. The van der Waals surface area contributed by atoms with E-state index >= 15 is 0 Å². The van der Waals surface area contributed by atoms with E-state index in [1.165, 1.54) is 6.92 Å². The molecule has 1 atom stereocenters. The Kier molecular flexibility index (Phi) is 4.01. The topological polar surface area (TPSA) is 55.1 Å². The molecular formula is C9H11BrF2N2O2. The molecule has 1 heterocycles. The zero-order valence-electron chi connectivity index (χ0n) is 8.75. The molecule has 90 valence electrons. The summed E-state index contributed by atoms with van der Waals surface area (Å²) in [7, 11) is 0. The van der Waals surface area contributed by atoms with Gasteiger partial charge in [-0.1, -0.05) is 6.92 Å². The SMILES string of the molecule is Cc1nn(CC(C)C(=O)O)c(C(F)F)c1Br. The van der Waals surface area contributed by atoms with Gasteiger partial charge in [0.25, 0.3) is 6.43 Å². The fourth-order valence-corrected chi connectivity index (χ4v) is 1.72. The van der Waals surface area contributed by atoms with E-state index in [9.17, 15) is 13.6 Å². The first-order chi connectivity index (χ1) is 7.34. The van der Waals surface area contributed by atoms with Crippen molar-refractivity contribution in [3.63, 3.8) is 0 Å². The van der Waals surface area contributed by atoms with Gasteiger partial charge in [-0.05, 0) is 22.9 Å². The van der Waals surface area contributed by atoms with Gasteiger partial charge in [0, 0.05) is 0 Å². The van der Waals surface area contributed by atoms with Crippen molar-refractivity contribution < 1.29 is 18.7 Å². The maximum atomic E-state index is 12.7. The second kappa shape index (κ2) is 4.90. The van der Waals surface area contributed by atoms with Crippen LogP contribution in [0.2, 0.25) is 0 Å². The zero-order valence-corrected chi connectivity index (χ0v) is 10.3. The van der Waals surface area contributed by atoms with Crippen LogP contribution in [-0.4, -0.2) is 20.9 Å². The average molecular weight is 297 g/mol. The molecule has 1 aromatic rings. The highest BCUT2D eigenvalue weighted by molar-refractivity contribution is 9.10. The average Bonchev–Trinajstić information content (AvgIpc) is 2.42. The third-order valence-electron chi connectivity index (χ3n) is 2.17. The van der Waals surface area contributed by atoms with Gasteiger partial charge in [0.05, 0.1) is 22.6 Å². The number of carboxylic acids is 1. The molecule has 1 rings (SSSR count). The fraction of sp³-hybridized carbons (Fsp3) is 0.556. The second-order valence-electron chi connectivity index (χ2n) is 3.51. The minimum Gasteiger partial charge on any atom is -0.481 e. The summed E-state index contributed by atoms with van der Waals surface area (Å²) in [6.45, 7) is 2.96. The first-order valence-corrected chi connectivity index (χ1v) is 5.37.